The minimum absolute atomic E-state index is 0.0778. The fourth-order valence-electron chi connectivity index (χ4n) is 0.801. The lowest BCUT2D eigenvalue weighted by atomic mass is 10.2. The van der Waals surface area contributed by atoms with Gasteiger partial charge in [0.25, 0.3) is 0 Å². The highest BCUT2D eigenvalue weighted by molar-refractivity contribution is 5.96. The Morgan fingerprint density at radius 1 is 1.67 bits per heavy atom. The number of furan rings is 1. The molecule has 0 aliphatic heterocycles. The Labute approximate surface area is 69.4 Å². The minimum Gasteiger partial charge on any atom is -0.455 e. The molecule has 0 spiro atoms. The molecular formula is C8H10O4. The van der Waals surface area contributed by atoms with E-state index in [2.05, 4.69) is 0 Å². The van der Waals surface area contributed by atoms with E-state index in [0.29, 0.717) is 5.76 Å². The fraction of sp³-hybridized carbons (Fsp3) is 0.375. The SMILES string of the molecule is CC(O)C(=O)c1ccc(CO)o1. The molecule has 0 saturated heterocycles. The molecule has 1 unspecified atom stereocenters. The summed E-state index contributed by atoms with van der Waals surface area (Å²) in [4.78, 5) is 11.0. The Morgan fingerprint density at radius 3 is 2.75 bits per heavy atom. The first-order valence-electron chi connectivity index (χ1n) is 3.57. The molecule has 4 heteroatoms. The molecule has 0 bridgehead atoms. The summed E-state index contributed by atoms with van der Waals surface area (Å²) in [5, 5.41) is 17.5. The zero-order valence-electron chi connectivity index (χ0n) is 6.65. The summed E-state index contributed by atoms with van der Waals surface area (Å²) in [6.45, 7) is 1.12. The largest absolute Gasteiger partial charge is 0.455 e. The van der Waals surface area contributed by atoms with E-state index in [1.165, 1.54) is 19.1 Å². The first-order valence-corrected chi connectivity index (χ1v) is 3.57. The van der Waals surface area contributed by atoms with Gasteiger partial charge in [0.15, 0.2) is 5.76 Å². The highest BCUT2D eigenvalue weighted by atomic mass is 16.4. The van der Waals surface area contributed by atoms with Gasteiger partial charge in [-0.3, -0.25) is 4.79 Å². The van der Waals surface area contributed by atoms with Crippen LogP contribution in [0.5, 0.6) is 0 Å². The van der Waals surface area contributed by atoms with Gasteiger partial charge >= 0.3 is 0 Å². The average Bonchev–Trinajstić information content (AvgIpc) is 2.50. The van der Waals surface area contributed by atoms with Crippen LogP contribution in [0.1, 0.15) is 23.2 Å². The second-order valence-electron chi connectivity index (χ2n) is 2.46. The van der Waals surface area contributed by atoms with Crippen LogP contribution < -0.4 is 0 Å². The van der Waals surface area contributed by atoms with E-state index in [9.17, 15) is 4.79 Å². The average molecular weight is 170 g/mol. The number of Topliss-reactive ketones (excluding diaryl/α,β-unsaturated/α-hetero) is 1. The highest BCUT2D eigenvalue weighted by Crippen LogP contribution is 2.09. The van der Waals surface area contributed by atoms with Crippen molar-refractivity contribution in [3.63, 3.8) is 0 Å². The summed E-state index contributed by atoms with van der Waals surface area (Å²) in [6.07, 6.45) is -1.07. The van der Waals surface area contributed by atoms with Crippen LogP contribution in [-0.4, -0.2) is 22.1 Å². The van der Waals surface area contributed by atoms with Crippen molar-refractivity contribution in [1.82, 2.24) is 0 Å². The molecule has 0 aliphatic carbocycles. The summed E-state index contributed by atoms with van der Waals surface area (Å²) in [5.41, 5.74) is 0. The van der Waals surface area contributed by atoms with E-state index in [4.69, 9.17) is 14.6 Å². The van der Waals surface area contributed by atoms with Gasteiger partial charge in [0.1, 0.15) is 18.5 Å². The number of hydrogen-bond donors (Lipinski definition) is 2. The molecule has 1 rings (SSSR count). The van der Waals surface area contributed by atoms with Crippen molar-refractivity contribution in [2.75, 3.05) is 0 Å². The molecular weight excluding hydrogens is 160 g/mol. The number of hydrogen-bond acceptors (Lipinski definition) is 4. The lowest BCUT2D eigenvalue weighted by Gasteiger charge is -1.97. The van der Waals surface area contributed by atoms with Crippen molar-refractivity contribution in [2.24, 2.45) is 0 Å². The van der Waals surface area contributed by atoms with Crippen molar-refractivity contribution in [3.8, 4) is 0 Å². The van der Waals surface area contributed by atoms with Gasteiger partial charge < -0.3 is 14.6 Å². The number of ketones is 1. The molecule has 0 aromatic carbocycles. The zero-order valence-corrected chi connectivity index (χ0v) is 6.65. The van der Waals surface area contributed by atoms with Crippen LogP contribution in [0.15, 0.2) is 16.5 Å². The predicted molar refractivity (Wildman–Crippen MR) is 40.6 cm³/mol. The Bertz CT molecular complexity index is 274. The number of carbonyl (C=O) groups excluding carboxylic acids is 1. The van der Waals surface area contributed by atoms with Gasteiger partial charge in [-0.2, -0.15) is 0 Å². The molecule has 2 N–H and O–H groups in total. The maximum absolute atomic E-state index is 11.0. The molecule has 0 fully saturated rings. The molecule has 12 heavy (non-hydrogen) atoms. The number of aliphatic hydroxyl groups is 2. The molecule has 0 amide bonds. The van der Waals surface area contributed by atoms with Crippen LogP contribution in [0.4, 0.5) is 0 Å². The van der Waals surface area contributed by atoms with E-state index < -0.39 is 11.9 Å². The summed E-state index contributed by atoms with van der Waals surface area (Å²) < 4.78 is 4.90. The lowest BCUT2D eigenvalue weighted by Crippen LogP contribution is -2.15. The molecule has 66 valence electrons. The highest BCUT2D eigenvalue weighted by Gasteiger charge is 2.15. The lowest BCUT2D eigenvalue weighted by molar-refractivity contribution is 0.0745. The van der Waals surface area contributed by atoms with E-state index in [0.717, 1.165) is 0 Å². The summed E-state index contributed by atoms with van der Waals surface area (Å²) in [7, 11) is 0. The maximum Gasteiger partial charge on any atom is 0.226 e. The van der Waals surface area contributed by atoms with Crippen molar-refractivity contribution < 1.29 is 19.4 Å². The van der Waals surface area contributed by atoms with E-state index in [-0.39, 0.29) is 12.4 Å². The first kappa shape index (κ1) is 8.96. The molecule has 0 radical (unpaired) electrons. The van der Waals surface area contributed by atoms with Gasteiger partial charge in [0.2, 0.25) is 5.78 Å². The fourth-order valence-corrected chi connectivity index (χ4v) is 0.801. The molecule has 0 aliphatic rings. The van der Waals surface area contributed by atoms with E-state index in [1.807, 2.05) is 0 Å². The van der Waals surface area contributed by atoms with Crippen LogP contribution in [0.3, 0.4) is 0 Å². The van der Waals surface area contributed by atoms with Gasteiger partial charge in [-0.05, 0) is 19.1 Å². The normalized spacial score (nSPS) is 12.9. The minimum atomic E-state index is -1.07. The second kappa shape index (κ2) is 3.51. The molecule has 0 saturated carbocycles. The topological polar surface area (TPSA) is 70.7 Å². The third-order valence-electron chi connectivity index (χ3n) is 1.44. The van der Waals surface area contributed by atoms with Crippen LogP contribution in [0, 0.1) is 0 Å². The Kier molecular flexibility index (Phi) is 2.62. The smallest absolute Gasteiger partial charge is 0.226 e. The predicted octanol–water partition coefficient (Wildman–Crippen LogP) is 0.335. The standard InChI is InChI=1S/C8H10O4/c1-5(10)8(11)7-3-2-6(4-9)12-7/h2-3,5,9-10H,4H2,1H3. The zero-order chi connectivity index (χ0) is 9.14. The van der Waals surface area contributed by atoms with Gasteiger partial charge in [0, 0.05) is 0 Å². The van der Waals surface area contributed by atoms with Gasteiger partial charge in [0.05, 0.1) is 0 Å². The molecule has 4 nitrogen and oxygen atoms in total. The molecule has 1 aromatic heterocycles. The number of rotatable bonds is 3. The van der Waals surface area contributed by atoms with Crippen LogP contribution in [0.2, 0.25) is 0 Å². The summed E-state index contributed by atoms with van der Waals surface area (Å²) >= 11 is 0. The maximum atomic E-state index is 11.0. The van der Waals surface area contributed by atoms with Crippen LogP contribution >= 0.6 is 0 Å². The van der Waals surface area contributed by atoms with E-state index in [1.54, 1.807) is 0 Å². The second-order valence-corrected chi connectivity index (χ2v) is 2.46. The molecule has 1 heterocycles. The number of carbonyl (C=O) groups is 1. The third kappa shape index (κ3) is 1.72. The van der Waals surface area contributed by atoms with Gasteiger partial charge in [-0.15, -0.1) is 0 Å². The summed E-state index contributed by atoms with van der Waals surface area (Å²) in [5.74, 6) is -0.0808. The Balaban J connectivity index is 2.82. The Morgan fingerprint density at radius 2 is 2.33 bits per heavy atom. The molecule has 1 aromatic rings. The quantitative estimate of drug-likeness (QED) is 0.641. The third-order valence-corrected chi connectivity index (χ3v) is 1.44. The van der Waals surface area contributed by atoms with Gasteiger partial charge in [-0.25, -0.2) is 0 Å². The summed E-state index contributed by atoms with van der Waals surface area (Å²) in [6, 6.07) is 2.93. The van der Waals surface area contributed by atoms with Crippen LogP contribution in [0.25, 0.3) is 0 Å². The molecule has 1 atom stereocenters. The Hall–Kier alpha value is -1.13. The van der Waals surface area contributed by atoms with E-state index >= 15 is 0 Å². The number of aliphatic hydroxyl groups excluding tert-OH is 2. The first-order chi connectivity index (χ1) is 5.65. The van der Waals surface area contributed by atoms with Crippen molar-refractivity contribution in [3.05, 3.63) is 23.7 Å². The monoisotopic (exact) mass is 170 g/mol. The van der Waals surface area contributed by atoms with Crippen molar-refractivity contribution in [2.45, 2.75) is 19.6 Å². The van der Waals surface area contributed by atoms with Crippen molar-refractivity contribution in [1.29, 1.82) is 0 Å². The van der Waals surface area contributed by atoms with Crippen molar-refractivity contribution >= 4 is 5.78 Å². The van der Waals surface area contributed by atoms with Crippen LogP contribution in [-0.2, 0) is 6.61 Å². The van der Waals surface area contributed by atoms with Gasteiger partial charge in [-0.1, -0.05) is 0 Å².